The van der Waals surface area contributed by atoms with Crippen LogP contribution in [0.2, 0.25) is 0 Å². The topological polar surface area (TPSA) is 66.4 Å². The lowest BCUT2D eigenvalue weighted by molar-refractivity contribution is -0.746. The van der Waals surface area contributed by atoms with Crippen molar-refractivity contribution in [3.8, 4) is 12.5 Å². The highest BCUT2D eigenvalue weighted by molar-refractivity contribution is 4.64. The second-order valence-corrected chi connectivity index (χ2v) is 0.480. The summed E-state index contributed by atoms with van der Waals surface area (Å²) in [5.41, 5.74) is 0. The highest BCUT2D eigenvalue weighted by atomic mass is 17.8. The molecule has 0 spiro atoms. The molecule has 0 aliphatic rings. The van der Waals surface area contributed by atoms with Gasteiger partial charge in [0.1, 0.15) is 0 Å². The third kappa shape index (κ3) is 5.16. The van der Waals surface area contributed by atoms with E-state index in [9.17, 15) is 0 Å². The van der Waals surface area contributed by atoms with Crippen LogP contribution in [0.4, 0.5) is 0 Å². The molecule has 8 heavy (non-hydrogen) atoms. The van der Waals surface area contributed by atoms with Gasteiger partial charge in [-0.1, -0.05) is 6.42 Å². The predicted octanol–water partition coefficient (Wildman–Crippen LogP) is -0.207. The summed E-state index contributed by atoms with van der Waals surface area (Å²) < 4.78 is 0. The third-order valence-electron chi connectivity index (χ3n) is 0.168. The fraction of sp³-hybridized carbons (Fsp3) is 0. The summed E-state index contributed by atoms with van der Waals surface area (Å²) in [6, 6.07) is 0. The third-order valence-corrected chi connectivity index (χ3v) is 0.168. The predicted molar refractivity (Wildman–Crippen MR) is 16.9 cm³/mol. The molecule has 0 saturated carbocycles. The fourth-order valence-corrected chi connectivity index (χ4v) is 0.0573. The lowest BCUT2D eigenvalue weighted by Gasteiger charge is -1.89. The molecule has 0 atom stereocenters. The first-order valence-electron chi connectivity index (χ1n) is 1.34. The van der Waals surface area contributed by atoms with Crippen LogP contribution in [0, 0.1) is 12.5 Å². The summed E-state index contributed by atoms with van der Waals surface area (Å²) >= 11 is 0. The molecule has 0 saturated heterocycles. The summed E-state index contributed by atoms with van der Waals surface area (Å²) in [6.45, 7) is 0. The van der Waals surface area contributed by atoms with Crippen LogP contribution in [0.1, 0.15) is 0 Å². The maximum atomic E-state index is 7.33. The molecule has 1 N–H and O–H groups in total. The molecule has 0 aromatic heterocycles. The molecule has 0 aliphatic heterocycles. The van der Waals surface area contributed by atoms with Crippen molar-refractivity contribution in [1.82, 2.24) is 0 Å². The Kier molecular flexibility index (Phi) is 5.51. The molecular weight excluding hydrogens is 120 g/mol. The summed E-state index contributed by atoms with van der Waals surface area (Å²) in [6.07, 6.45) is 6.04. The average Bonchev–Trinajstić information content (AvgIpc) is 1.81. The van der Waals surface area contributed by atoms with E-state index < -0.39 is 0 Å². The SMILES string of the molecule is C#COOOOOO. The van der Waals surface area contributed by atoms with Gasteiger partial charge in [0.05, 0.1) is 0 Å². The number of terminal acetylenes is 1. The van der Waals surface area contributed by atoms with E-state index in [0.29, 0.717) is 0 Å². The molecule has 6 heteroatoms. The maximum Gasteiger partial charge on any atom is 0.157 e. The van der Waals surface area contributed by atoms with Crippen molar-refractivity contribution in [2.45, 2.75) is 0 Å². The fourth-order valence-electron chi connectivity index (χ4n) is 0.0573. The van der Waals surface area contributed by atoms with Gasteiger partial charge in [0, 0.05) is 10.1 Å². The number of rotatable bonds is 4. The Morgan fingerprint density at radius 2 is 2.00 bits per heavy atom. The molecular formula is C2H2O6. The monoisotopic (exact) mass is 122 g/mol. The van der Waals surface area contributed by atoms with Gasteiger partial charge in [-0.25, -0.2) is 5.26 Å². The van der Waals surface area contributed by atoms with E-state index in [1.807, 2.05) is 0 Å². The van der Waals surface area contributed by atoms with Gasteiger partial charge < -0.3 is 0 Å². The molecule has 0 radical (unpaired) electrons. The van der Waals surface area contributed by atoms with Crippen molar-refractivity contribution in [2.75, 3.05) is 0 Å². The Labute approximate surface area is 44.1 Å². The minimum atomic E-state index is 1.56. The first-order valence-corrected chi connectivity index (χ1v) is 1.34. The molecule has 0 aromatic carbocycles. The Morgan fingerprint density at radius 3 is 2.50 bits per heavy atom. The Balaban J connectivity index is 2.65. The van der Waals surface area contributed by atoms with Crippen molar-refractivity contribution in [3.63, 3.8) is 0 Å². The van der Waals surface area contributed by atoms with Gasteiger partial charge in [0.25, 0.3) is 0 Å². The molecule has 6 nitrogen and oxygen atoms in total. The van der Waals surface area contributed by atoms with Crippen molar-refractivity contribution in [2.24, 2.45) is 0 Å². The number of hydrogen-bond donors (Lipinski definition) is 1. The average molecular weight is 122 g/mol. The van der Waals surface area contributed by atoms with E-state index in [1.54, 1.807) is 6.11 Å². The van der Waals surface area contributed by atoms with Crippen molar-refractivity contribution < 1.29 is 30.3 Å². The van der Waals surface area contributed by atoms with Gasteiger partial charge in [-0.15, -0.1) is 0 Å². The zero-order valence-corrected chi connectivity index (χ0v) is 3.57. The van der Waals surface area contributed by atoms with Crippen molar-refractivity contribution in [3.05, 3.63) is 0 Å². The first kappa shape index (κ1) is 7.16. The highest BCUT2D eigenvalue weighted by Crippen LogP contribution is 1.79. The quantitative estimate of drug-likeness (QED) is 0.241. The minimum Gasteiger partial charge on any atom is -0.250 e. The Bertz CT molecular complexity index is 73.1. The van der Waals surface area contributed by atoms with Crippen LogP contribution in [0.15, 0.2) is 0 Å². The highest BCUT2D eigenvalue weighted by Gasteiger charge is 1.83. The van der Waals surface area contributed by atoms with Gasteiger partial charge in [0.2, 0.25) is 0 Å². The van der Waals surface area contributed by atoms with Crippen LogP contribution in [-0.2, 0) is 25.0 Å². The zero-order valence-electron chi connectivity index (χ0n) is 3.57. The Morgan fingerprint density at radius 1 is 1.25 bits per heavy atom. The van der Waals surface area contributed by atoms with E-state index >= 15 is 0 Å². The molecule has 0 fully saturated rings. The van der Waals surface area contributed by atoms with Gasteiger partial charge in [-0.05, 0) is 10.1 Å². The molecule has 0 aliphatic carbocycles. The van der Waals surface area contributed by atoms with E-state index in [2.05, 4.69) is 31.5 Å². The lowest BCUT2D eigenvalue weighted by Crippen LogP contribution is -1.93. The lowest BCUT2D eigenvalue weighted by atomic mass is 11.3. The molecule has 0 rings (SSSR count). The van der Waals surface area contributed by atoms with Crippen LogP contribution in [-0.4, -0.2) is 5.26 Å². The van der Waals surface area contributed by atoms with Gasteiger partial charge in [-0.2, -0.15) is 0 Å². The maximum absolute atomic E-state index is 7.33. The van der Waals surface area contributed by atoms with E-state index in [-0.39, 0.29) is 0 Å². The first-order chi connectivity index (χ1) is 3.91. The summed E-state index contributed by atoms with van der Waals surface area (Å²) in [5, 5.41) is 20.3. The minimum absolute atomic E-state index is 1.56. The van der Waals surface area contributed by atoms with Crippen molar-refractivity contribution >= 4 is 0 Å². The van der Waals surface area contributed by atoms with Crippen LogP contribution in [0.5, 0.6) is 0 Å². The molecule has 46 valence electrons. The number of hydrogen-bond acceptors (Lipinski definition) is 6. The second kappa shape index (κ2) is 6.16. The molecule has 0 bridgehead atoms. The summed E-state index contributed by atoms with van der Waals surface area (Å²) in [5.74, 6) is 0. The largest absolute Gasteiger partial charge is 0.250 e. The molecule has 0 unspecified atom stereocenters. The summed E-state index contributed by atoms with van der Waals surface area (Å²) in [7, 11) is 0. The molecule has 0 aromatic rings. The van der Waals surface area contributed by atoms with E-state index in [4.69, 9.17) is 5.26 Å². The Hall–Kier alpha value is -0.840. The van der Waals surface area contributed by atoms with E-state index in [0.717, 1.165) is 0 Å². The smallest absolute Gasteiger partial charge is 0.157 e. The van der Waals surface area contributed by atoms with Crippen LogP contribution in [0.25, 0.3) is 0 Å². The van der Waals surface area contributed by atoms with Gasteiger partial charge in [-0.3, -0.25) is 4.89 Å². The second-order valence-electron chi connectivity index (χ2n) is 0.480. The van der Waals surface area contributed by atoms with Crippen LogP contribution < -0.4 is 0 Å². The molecule has 0 heterocycles. The van der Waals surface area contributed by atoms with Crippen molar-refractivity contribution in [1.29, 1.82) is 0 Å². The molecule has 0 amide bonds. The van der Waals surface area contributed by atoms with Crippen LogP contribution >= 0.6 is 0 Å². The van der Waals surface area contributed by atoms with Gasteiger partial charge in [0.15, 0.2) is 6.11 Å². The summed E-state index contributed by atoms with van der Waals surface area (Å²) in [4.78, 5) is 3.62. The normalized spacial score (nSPS) is 8.00. The van der Waals surface area contributed by atoms with E-state index in [1.165, 1.54) is 0 Å². The van der Waals surface area contributed by atoms with Gasteiger partial charge >= 0.3 is 0 Å². The zero-order chi connectivity index (χ0) is 6.24. The standard InChI is InChI=1S/C2H2O6/c1-2-4-6-8-7-5-3/h1,3H. The van der Waals surface area contributed by atoms with Crippen LogP contribution in [0.3, 0.4) is 0 Å².